The summed E-state index contributed by atoms with van der Waals surface area (Å²) >= 11 is 14.9. The number of amides is 1. The zero-order valence-corrected chi connectivity index (χ0v) is 29.6. The number of hydrogen-bond acceptors (Lipinski definition) is 10. The van der Waals surface area contributed by atoms with Crippen molar-refractivity contribution < 1.29 is 28.9 Å². The van der Waals surface area contributed by atoms with Crippen molar-refractivity contribution in [1.82, 2.24) is 10.2 Å². The van der Waals surface area contributed by atoms with Crippen LogP contribution in [0.15, 0.2) is 94.8 Å². The molecule has 1 aromatic heterocycles. The summed E-state index contributed by atoms with van der Waals surface area (Å²) in [5.74, 6) is -0.165. The van der Waals surface area contributed by atoms with E-state index in [0.717, 1.165) is 28.0 Å². The van der Waals surface area contributed by atoms with Gasteiger partial charge in [0.2, 0.25) is 5.13 Å². The Balaban J connectivity index is 1.34. The number of ketones is 1. The number of carbonyl (C=O) groups excluding carboxylic acids is 2. The number of rotatable bonds is 11. The Morgan fingerprint density at radius 3 is 2.39 bits per heavy atom. The van der Waals surface area contributed by atoms with Crippen LogP contribution >= 0.6 is 46.3 Å². The van der Waals surface area contributed by atoms with Crippen molar-refractivity contribution in [2.75, 3.05) is 19.1 Å². The quantitative estimate of drug-likeness (QED) is 0.0469. The lowest BCUT2D eigenvalue weighted by atomic mass is 9.95. The molecule has 0 bridgehead atoms. The highest BCUT2D eigenvalue weighted by molar-refractivity contribution is 8.00. The van der Waals surface area contributed by atoms with Gasteiger partial charge in [0.1, 0.15) is 18.1 Å². The third kappa shape index (κ3) is 7.25. The lowest BCUT2D eigenvalue weighted by Gasteiger charge is -2.23. The smallest absolute Gasteiger partial charge is 0.301 e. The predicted molar refractivity (Wildman–Crippen MR) is 192 cm³/mol. The molecule has 1 aliphatic heterocycles. The Labute approximate surface area is 301 Å². The van der Waals surface area contributed by atoms with Crippen LogP contribution in [0.2, 0.25) is 10.0 Å². The number of hydrogen-bond donors (Lipinski definition) is 1. The van der Waals surface area contributed by atoms with Crippen molar-refractivity contribution in [2.24, 2.45) is 0 Å². The maximum atomic E-state index is 13.7. The molecular formula is C36H29Cl2N3O6S2. The van der Waals surface area contributed by atoms with Gasteiger partial charge in [0, 0.05) is 21.4 Å². The molecule has 2 heterocycles. The van der Waals surface area contributed by atoms with E-state index in [1.54, 1.807) is 54.6 Å². The lowest BCUT2D eigenvalue weighted by molar-refractivity contribution is -0.132. The molecule has 1 fully saturated rings. The fourth-order valence-electron chi connectivity index (χ4n) is 5.30. The van der Waals surface area contributed by atoms with E-state index in [9.17, 15) is 14.7 Å². The van der Waals surface area contributed by atoms with Crippen molar-refractivity contribution in [1.29, 1.82) is 0 Å². The first kappa shape index (κ1) is 34.3. The largest absolute Gasteiger partial charge is 0.507 e. The molecule has 0 radical (unpaired) electrons. The molecule has 250 valence electrons. The Hall–Kier alpha value is -4.55. The minimum absolute atomic E-state index is 0.108. The van der Waals surface area contributed by atoms with Gasteiger partial charge in [-0.05, 0) is 77.7 Å². The SMILES string of the molecule is COc1ccc(C2/C(=C(\O)c3ccc(OCc4ccccc4C)cc3)C(=O)C(=O)N2c2nnc(SCc3ccc(Cl)cc3Cl)s2)cc1OC. The standard InChI is InChI=1S/C36H29Cl2N3O6S2/c1-20-6-4-5-7-23(20)18-47-26-13-9-21(10-14-26)32(42)30-31(22-11-15-28(45-2)29(16-22)46-3)41(34(44)33(30)43)35-39-40-36(49-35)48-19-24-8-12-25(37)17-27(24)38/h4-17,31,42H,18-19H2,1-3H3/b32-30+. The zero-order chi connectivity index (χ0) is 34.7. The summed E-state index contributed by atoms with van der Waals surface area (Å²) in [5.41, 5.74) is 3.74. The van der Waals surface area contributed by atoms with Crippen LogP contribution in [0.5, 0.6) is 17.2 Å². The molecule has 49 heavy (non-hydrogen) atoms. The van der Waals surface area contributed by atoms with Gasteiger partial charge in [-0.25, -0.2) is 0 Å². The summed E-state index contributed by atoms with van der Waals surface area (Å²) < 4.78 is 17.5. The van der Waals surface area contributed by atoms with Crippen LogP contribution in [0, 0.1) is 6.92 Å². The number of aliphatic hydroxyl groups excluding tert-OH is 1. The number of ether oxygens (including phenoxy) is 3. The van der Waals surface area contributed by atoms with Gasteiger partial charge in [-0.15, -0.1) is 10.2 Å². The molecule has 0 spiro atoms. The van der Waals surface area contributed by atoms with Gasteiger partial charge in [0.15, 0.2) is 15.8 Å². The van der Waals surface area contributed by atoms with Crippen LogP contribution in [-0.2, 0) is 21.9 Å². The van der Waals surface area contributed by atoms with E-state index in [4.69, 9.17) is 37.4 Å². The third-order valence-electron chi connectivity index (χ3n) is 7.92. The van der Waals surface area contributed by atoms with Gasteiger partial charge in [-0.3, -0.25) is 14.5 Å². The average Bonchev–Trinajstić information content (AvgIpc) is 3.68. The van der Waals surface area contributed by atoms with Crippen LogP contribution in [0.4, 0.5) is 5.13 Å². The second-order valence-electron chi connectivity index (χ2n) is 10.9. The topological polar surface area (TPSA) is 111 Å². The fourth-order valence-corrected chi connectivity index (χ4v) is 7.73. The molecule has 1 unspecified atom stereocenters. The summed E-state index contributed by atoms with van der Waals surface area (Å²) in [6.45, 7) is 2.39. The van der Waals surface area contributed by atoms with Gasteiger partial charge in [-0.2, -0.15) is 0 Å². The van der Waals surface area contributed by atoms with Gasteiger partial charge in [0.05, 0.1) is 25.8 Å². The molecule has 4 aromatic carbocycles. The molecule has 13 heteroatoms. The number of halogens is 2. The number of aliphatic hydroxyl groups is 1. The number of carbonyl (C=O) groups is 2. The fraction of sp³-hybridized carbons (Fsp3) is 0.167. The first-order chi connectivity index (χ1) is 23.7. The lowest BCUT2D eigenvalue weighted by Crippen LogP contribution is -2.29. The van der Waals surface area contributed by atoms with Crippen LogP contribution < -0.4 is 19.1 Å². The highest BCUT2D eigenvalue weighted by Gasteiger charge is 2.48. The molecule has 5 aromatic rings. The summed E-state index contributed by atoms with van der Waals surface area (Å²) in [6.07, 6.45) is 0. The molecule has 1 amide bonds. The molecule has 0 saturated carbocycles. The summed E-state index contributed by atoms with van der Waals surface area (Å²) in [4.78, 5) is 28.7. The number of benzene rings is 4. The molecular weight excluding hydrogens is 705 g/mol. The van der Waals surface area contributed by atoms with E-state index < -0.39 is 17.7 Å². The van der Waals surface area contributed by atoms with Crippen LogP contribution in [0.3, 0.4) is 0 Å². The molecule has 1 N–H and O–H groups in total. The molecule has 6 rings (SSSR count). The summed E-state index contributed by atoms with van der Waals surface area (Å²) in [7, 11) is 3.00. The van der Waals surface area contributed by atoms with E-state index in [2.05, 4.69) is 10.2 Å². The third-order valence-corrected chi connectivity index (χ3v) is 10.6. The summed E-state index contributed by atoms with van der Waals surface area (Å²) in [5, 5.41) is 21.5. The number of aromatic nitrogens is 2. The first-order valence-corrected chi connectivity index (χ1v) is 17.4. The molecule has 1 atom stereocenters. The van der Waals surface area contributed by atoms with Crippen molar-refractivity contribution >= 4 is 68.9 Å². The van der Waals surface area contributed by atoms with Crippen LogP contribution in [-0.4, -0.2) is 41.2 Å². The van der Waals surface area contributed by atoms with E-state index >= 15 is 0 Å². The summed E-state index contributed by atoms with van der Waals surface area (Å²) in [6, 6.07) is 23.9. The van der Waals surface area contributed by atoms with Gasteiger partial charge in [-0.1, -0.05) is 82.7 Å². The minimum Gasteiger partial charge on any atom is -0.507 e. The minimum atomic E-state index is -1.05. The maximum Gasteiger partial charge on any atom is 0.301 e. The van der Waals surface area contributed by atoms with Gasteiger partial charge < -0.3 is 19.3 Å². The predicted octanol–water partition coefficient (Wildman–Crippen LogP) is 8.67. The molecule has 0 aliphatic carbocycles. The Morgan fingerprint density at radius 2 is 1.67 bits per heavy atom. The zero-order valence-electron chi connectivity index (χ0n) is 26.5. The number of nitrogens with zero attached hydrogens (tertiary/aromatic N) is 3. The second-order valence-corrected chi connectivity index (χ2v) is 13.9. The van der Waals surface area contributed by atoms with E-state index in [0.29, 0.717) is 55.1 Å². The molecule has 1 aliphatic rings. The highest BCUT2D eigenvalue weighted by atomic mass is 35.5. The first-order valence-electron chi connectivity index (χ1n) is 14.9. The number of Topliss-reactive ketones (excluding diaryl/α,β-unsaturated/α-hetero) is 1. The van der Waals surface area contributed by atoms with Gasteiger partial charge in [0.25, 0.3) is 5.78 Å². The highest BCUT2D eigenvalue weighted by Crippen LogP contribution is 2.46. The van der Waals surface area contributed by atoms with Crippen LogP contribution in [0.25, 0.3) is 5.76 Å². The normalized spacial score (nSPS) is 15.4. The monoisotopic (exact) mass is 733 g/mol. The van der Waals surface area contributed by atoms with Crippen molar-refractivity contribution in [2.45, 2.75) is 29.7 Å². The Morgan fingerprint density at radius 1 is 0.918 bits per heavy atom. The van der Waals surface area contributed by atoms with Crippen LogP contribution in [0.1, 0.15) is 33.9 Å². The number of methoxy groups -OCH3 is 2. The second kappa shape index (κ2) is 14.9. The van der Waals surface area contributed by atoms with E-state index in [1.165, 1.54) is 30.9 Å². The average molecular weight is 735 g/mol. The maximum absolute atomic E-state index is 13.7. The van der Waals surface area contributed by atoms with Crippen molar-refractivity contribution in [3.8, 4) is 17.2 Å². The number of aryl methyl sites for hydroxylation is 1. The van der Waals surface area contributed by atoms with Crippen molar-refractivity contribution in [3.05, 3.63) is 128 Å². The molecule has 9 nitrogen and oxygen atoms in total. The van der Waals surface area contributed by atoms with E-state index in [1.807, 2.05) is 37.3 Å². The number of thioether (sulfide) groups is 1. The Bertz CT molecular complexity index is 2070. The molecule has 1 saturated heterocycles. The Kier molecular flexibility index (Phi) is 10.4. The van der Waals surface area contributed by atoms with E-state index in [-0.39, 0.29) is 16.5 Å². The number of anilines is 1. The van der Waals surface area contributed by atoms with Gasteiger partial charge >= 0.3 is 5.91 Å². The van der Waals surface area contributed by atoms with Crippen molar-refractivity contribution in [3.63, 3.8) is 0 Å².